The summed E-state index contributed by atoms with van der Waals surface area (Å²) in [6, 6.07) is 6.79. The van der Waals surface area contributed by atoms with Crippen molar-refractivity contribution in [2.75, 3.05) is 32.5 Å². The van der Waals surface area contributed by atoms with Crippen LogP contribution in [-0.4, -0.2) is 113 Å². The van der Waals surface area contributed by atoms with Crippen molar-refractivity contribution in [2.45, 2.75) is 57.4 Å². The quantitative estimate of drug-likeness (QED) is 0.210. The molecule has 1 aromatic carbocycles. The van der Waals surface area contributed by atoms with Crippen molar-refractivity contribution < 1.29 is 27.4 Å². The molecule has 4 aromatic heterocycles. The topological polar surface area (TPSA) is 146 Å². The number of hydrogen-bond acceptors (Lipinski definition) is 11. The van der Waals surface area contributed by atoms with Crippen LogP contribution < -0.4 is 14.8 Å². The molecule has 15 nitrogen and oxygen atoms in total. The van der Waals surface area contributed by atoms with Gasteiger partial charge in [0.15, 0.2) is 11.5 Å². The van der Waals surface area contributed by atoms with E-state index in [1.54, 1.807) is 17.1 Å². The standard InChI is InChI=1S/C30H33F3N12O3/c1-17(31)47-21-5-6-25(48-30(32)33)22(11-21)27-24(36-29(46)23-12-35-44-8-4-7-34-28(23)44)15-43(39-27)16-26-37-40-45(38-26)20-13-42(14-20)19-9-18(10-19)41(2)3/h4-8,11-12,15,17-20,30H,9-10,13-14,16H2,1-3H3,(H,36,46). The summed E-state index contributed by atoms with van der Waals surface area (Å²) in [4.78, 5) is 24.0. The van der Waals surface area contributed by atoms with E-state index in [0.29, 0.717) is 23.6 Å². The molecule has 1 saturated heterocycles. The Balaban J connectivity index is 1.15. The number of amides is 1. The van der Waals surface area contributed by atoms with Crippen molar-refractivity contribution in [1.82, 2.24) is 54.4 Å². The first-order chi connectivity index (χ1) is 23.1. The van der Waals surface area contributed by atoms with Gasteiger partial charge in [0.1, 0.15) is 29.3 Å². The highest BCUT2D eigenvalue weighted by Crippen LogP contribution is 2.38. The molecule has 2 fully saturated rings. The highest BCUT2D eigenvalue weighted by atomic mass is 19.3. The first kappa shape index (κ1) is 31.5. The number of tetrazole rings is 1. The number of anilines is 1. The zero-order valence-corrected chi connectivity index (χ0v) is 26.3. The number of hydrogen-bond donors (Lipinski definition) is 1. The van der Waals surface area contributed by atoms with E-state index in [1.807, 2.05) is 0 Å². The lowest BCUT2D eigenvalue weighted by molar-refractivity contribution is -0.0495. The molecule has 0 bridgehead atoms. The third kappa shape index (κ3) is 6.40. The van der Waals surface area contributed by atoms with Gasteiger partial charge in [-0.2, -0.15) is 23.8 Å². The van der Waals surface area contributed by atoms with Crippen LogP contribution in [0.2, 0.25) is 0 Å². The Labute approximate surface area is 272 Å². The van der Waals surface area contributed by atoms with Gasteiger partial charge in [0.2, 0.25) is 6.36 Å². The number of aromatic nitrogens is 9. The minimum Gasteiger partial charge on any atom is -0.461 e. The summed E-state index contributed by atoms with van der Waals surface area (Å²) >= 11 is 0. The summed E-state index contributed by atoms with van der Waals surface area (Å²) in [6.45, 7) is -0.259. The lowest BCUT2D eigenvalue weighted by atomic mass is 9.82. The van der Waals surface area contributed by atoms with Crippen molar-refractivity contribution in [1.29, 1.82) is 0 Å². The second-order valence-electron chi connectivity index (χ2n) is 12.1. The molecule has 0 radical (unpaired) electrons. The molecular weight excluding hydrogens is 633 g/mol. The van der Waals surface area contributed by atoms with Crippen molar-refractivity contribution >= 4 is 17.2 Å². The number of benzene rings is 1. The van der Waals surface area contributed by atoms with Crippen LogP contribution in [0.15, 0.2) is 49.1 Å². The molecule has 1 aliphatic carbocycles. The Morgan fingerprint density at radius 3 is 2.69 bits per heavy atom. The molecule has 18 heteroatoms. The second-order valence-corrected chi connectivity index (χ2v) is 12.1. The zero-order valence-electron chi connectivity index (χ0n) is 26.3. The molecule has 1 amide bonds. The smallest absolute Gasteiger partial charge is 0.387 e. The lowest BCUT2D eigenvalue weighted by Gasteiger charge is -2.51. The number of alkyl halides is 3. The fourth-order valence-electron chi connectivity index (χ4n) is 5.95. The van der Waals surface area contributed by atoms with E-state index in [2.05, 4.69) is 59.8 Å². The number of halogens is 3. The van der Waals surface area contributed by atoms with Crippen LogP contribution in [0.25, 0.3) is 16.9 Å². The number of ether oxygens (including phenoxy) is 2. The molecule has 2 aliphatic rings. The predicted octanol–water partition coefficient (Wildman–Crippen LogP) is 3.12. The molecule has 1 atom stereocenters. The third-order valence-electron chi connectivity index (χ3n) is 8.58. The molecule has 5 heterocycles. The molecular formula is C30H33F3N12O3. The zero-order chi connectivity index (χ0) is 33.5. The van der Waals surface area contributed by atoms with E-state index in [1.165, 1.54) is 52.9 Å². The first-order valence-corrected chi connectivity index (χ1v) is 15.4. The van der Waals surface area contributed by atoms with Gasteiger partial charge in [-0.3, -0.25) is 14.4 Å². The summed E-state index contributed by atoms with van der Waals surface area (Å²) in [6.07, 6.45) is 6.65. The Morgan fingerprint density at radius 1 is 1.12 bits per heavy atom. The van der Waals surface area contributed by atoms with Gasteiger partial charge in [0.25, 0.3) is 5.91 Å². The molecule has 1 N–H and O–H groups in total. The second kappa shape index (κ2) is 12.8. The number of nitrogens with one attached hydrogen (secondary N) is 1. The third-order valence-corrected chi connectivity index (χ3v) is 8.58. The van der Waals surface area contributed by atoms with Gasteiger partial charge in [-0.1, -0.05) is 0 Å². The summed E-state index contributed by atoms with van der Waals surface area (Å²) in [5, 5.41) is 24.6. The van der Waals surface area contributed by atoms with E-state index in [4.69, 9.17) is 9.47 Å². The number of carbonyl (C=O) groups excluding carboxylic acids is 1. The monoisotopic (exact) mass is 666 g/mol. The largest absolute Gasteiger partial charge is 0.461 e. The van der Waals surface area contributed by atoms with Gasteiger partial charge in [0, 0.05) is 50.7 Å². The molecule has 1 saturated carbocycles. The number of likely N-dealkylation sites (tertiary alicyclic amines) is 1. The first-order valence-electron chi connectivity index (χ1n) is 15.4. The summed E-state index contributed by atoms with van der Waals surface area (Å²) in [5.41, 5.74) is 0.694. The van der Waals surface area contributed by atoms with E-state index >= 15 is 0 Å². The lowest BCUT2D eigenvalue weighted by Crippen LogP contribution is -2.60. The maximum Gasteiger partial charge on any atom is 0.387 e. The van der Waals surface area contributed by atoms with Crippen LogP contribution in [0.4, 0.5) is 18.9 Å². The predicted molar refractivity (Wildman–Crippen MR) is 164 cm³/mol. The Morgan fingerprint density at radius 2 is 1.94 bits per heavy atom. The van der Waals surface area contributed by atoms with E-state index in [-0.39, 0.29) is 46.6 Å². The molecule has 48 heavy (non-hydrogen) atoms. The van der Waals surface area contributed by atoms with Crippen LogP contribution in [0.1, 0.15) is 42.0 Å². The number of nitrogens with zero attached hydrogens (tertiary/aromatic N) is 11. The summed E-state index contributed by atoms with van der Waals surface area (Å²) < 4.78 is 53.5. The normalized spacial score (nSPS) is 19.0. The average molecular weight is 667 g/mol. The van der Waals surface area contributed by atoms with Crippen molar-refractivity contribution in [3.63, 3.8) is 0 Å². The molecule has 1 aliphatic heterocycles. The van der Waals surface area contributed by atoms with E-state index in [9.17, 15) is 18.0 Å². The fourth-order valence-corrected chi connectivity index (χ4v) is 5.95. The number of carbonyl (C=O) groups is 1. The van der Waals surface area contributed by atoms with Gasteiger partial charge < -0.3 is 19.7 Å². The van der Waals surface area contributed by atoms with Crippen LogP contribution in [-0.2, 0) is 6.54 Å². The summed E-state index contributed by atoms with van der Waals surface area (Å²) in [5.74, 6) is -0.439. The molecule has 0 spiro atoms. The number of fused-ring (bicyclic) bond motifs is 1. The van der Waals surface area contributed by atoms with Crippen molar-refractivity contribution in [3.8, 4) is 22.8 Å². The van der Waals surface area contributed by atoms with Crippen LogP contribution in [0, 0.1) is 0 Å². The Hall–Kier alpha value is -5.10. The van der Waals surface area contributed by atoms with Gasteiger partial charge in [0.05, 0.1) is 23.5 Å². The molecule has 7 rings (SSSR count). The Bertz CT molecular complexity index is 1910. The highest BCUT2D eigenvalue weighted by molar-refractivity contribution is 6.09. The molecule has 5 aromatic rings. The van der Waals surface area contributed by atoms with Crippen LogP contribution >= 0.6 is 0 Å². The van der Waals surface area contributed by atoms with Gasteiger partial charge in [-0.05, 0) is 56.4 Å². The fraction of sp³-hybridized carbons (Fsp3) is 0.433. The average Bonchev–Trinajstić information content (AvgIpc) is 3.72. The van der Waals surface area contributed by atoms with Gasteiger partial charge in [-0.15, -0.1) is 10.2 Å². The molecule has 1 unspecified atom stereocenters. The van der Waals surface area contributed by atoms with Crippen molar-refractivity contribution in [2.24, 2.45) is 0 Å². The van der Waals surface area contributed by atoms with Crippen LogP contribution in [0.5, 0.6) is 11.5 Å². The van der Waals surface area contributed by atoms with Gasteiger partial charge >= 0.3 is 6.61 Å². The van der Waals surface area contributed by atoms with Gasteiger partial charge in [-0.25, -0.2) is 13.9 Å². The maximum atomic E-state index is 13.7. The Kier molecular flexibility index (Phi) is 8.42. The molecule has 252 valence electrons. The number of rotatable bonds is 12. The summed E-state index contributed by atoms with van der Waals surface area (Å²) in [7, 11) is 4.21. The minimum atomic E-state index is -3.17. The minimum absolute atomic E-state index is 0.0270. The van der Waals surface area contributed by atoms with Crippen LogP contribution in [0.3, 0.4) is 0 Å². The van der Waals surface area contributed by atoms with E-state index in [0.717, 1.165) is 25.9 Å². The maximum absolute atomic E-state index is 13.7. The SMILES string of the molecule is CC(F)Oc1ccc(OC(F)F)c(-c2nn(Cc3nnn(C4CN(C5CC(N(C)C)C5)C4)n3)cc2NC(=O)c2cnn3cccnc23)c1. The highest BCUT2D eigenvalue weighted by Gasteiger charge is 2.41. The van der Waals surface area contributed by atoms with E-state index < -0.39 is 18.9 Å². The van der Waals surface area contributed by atoms with Crippen molar-refractivity contribution in [3.05, 3.63) is 60.4 Å².